The monoisotopic (exact) mass is 218 g/mol. The zero-order valence-corrected chi connectivity index (χ0v) is 8.93. The number of halogens is 1. The minimum absolute atomic E-state index is 0.0390. The maximum absolute atomic E-state index is 6.27. The molecule has 0 N–H and O–H groups in total. The summed E-state index contributed by atoms with van der Waals surface area (Å²) < 4.78 is 0. The van der Waals surface area contributed by atoms with Crippen molar-refractivity contribution in [3.05, 3.63) is 60.2 Å². The molecule has 0 aliphatic rings. The summed E-state index contributed by atoms with van der Waals surface area (Å²) in [5.74, 6) is 0. The summed E-state index contributed by atoms with van der Waals surface area (Å²) >= 11 is 6.27. The highest BCUT2D eigenvalue weighted by atomic mass is 35.5. The average Bonchev–Trinajstić information content (AvgIpc) is 2.31. The molecular weight excluding hydrogens is 208 g/mol. The van der Waals surface area contributed by atoms with E-state index in [2.05, 4.69) is 9.97 Å². The molecule has 0 radical (unpaired) electrons. The Morgan fingerprint density at radius 2 is 1.93 bits per heavy atom. The molecule has 0 amide bonds. The molecule has 0 saturated carbocycles. The van der Waals surface area contributed by atoms with Crippen LogP contribution in [0.1, 0.15) is 16.6 Å². The van der Waals surface area contributed by atoms with Crippen LogP contribution < -0.4 is 0 Å². The number of hydrogen-bond donors (Lipinski definition) is 0. The van der Waals surface area contributed by atoms with Crippen molar-refractivity contribution in [2.24, 2.45) is 0 Å². The lowest BCUT2D eigenvalue weighted by Gasteiger charge is -2.08. The van der Waals surface area contributed by atoms with E-state index in [0.717, 1.165) is 11.3 Å². The molecule has 0 bridgehead atoms. The summed E-state index contributed by atoms with van der Waals surface area (Å²) in [7, 11) is 0. The quantitative estimate of drug-likeness (QED) is 0.741. The van der Waals surface area contributed by atoms with Crippen molar-refractivity contribution in [2.45, 2.75) is 11.8 Å². The predicted octanol–water partition coefficient (Wildman–Crippen LogP) is 3.00. The van der Waals surface area contributed by atoms with Crippen LogP contribution >= 0.6 is 11.6 Å². The van der Waals surface area contributed by atoms with Gasteiger partial charge in [-0.05, 0) is 5.56 Å². The summed E-state index contributed by atoms with van der Waals surface area (Å²) in [5, 5.41) is -0.0390. The molecule has 1 unspecified atom stereocenters. The van der Waals surface area contributed by atoms with E-state index in [-0.39, 0.29) is 5.38 Å². The van der Waals surface area contributed by atoms with Gasteiger partial charge in [0.15, 0.2) is 0 Å². The van der Waals surface area contributed by atoms with Crippen molar-refractivity contribution < 1.29 is 0 Å². The smallest absolute Gasteiger partial charge is 0.0641 e. The second-order valence-electron chi connectivity index (χ2n) is 3.28. The van der Waals surface area contributed by atoms with E-state index in [1.54, 1.807) is 18.6 Å². The lowest BCUT2D eigenvalue weighted by molar-refractivity contribution is 0.869. The van der Waals surface area contributed by atoms with Crippen molar-refractivity contribution >= 4 is 11.6 Å². The van der Waals surface area contributed by atoms with Gasteiger partial charge in [-0.2, -0.15) is 0 Å². The third kappa shape index (κ3) is 2.77. The molecule has 0 saturated heterocycles. The summed E-state index contributed by atoms with van der Waals surface area (Å²) in [5.41, 5.74) is 2.03. The lowest BCUT2D eigenvalue weighted by atomic mass is 10.1. The normalized spacial score (nSPS) is 12.3. The van der Waals surface area contributed by atoms with Gasteiger partial charge < -0.3 is 0 Å². The van der Waals surface area contributed by atoms with Crippen LogP contribution in [0, 0.1) is 0 Å². The molecule has 76 valence electrons. The first kappa shape index (κ1) is 10.1. The Morgan fingerprint density at radius 1 is 1.13 bits per heavy atom. The van der Waals surface area contributed by atoms with E-state index in [0.29, 0.717) is 6.42 Å². The molecule has 1 atom stereocenters. The van der Waals surface area contributed by atoms with Gasteiger partial charge in [0, 0.05) is 25.0 Å². The van der Waals surface area contributed by atoms with E-state index < -0.39 is 0 Å². The first-order valence-corrected chi connectivity index (χ1v) is 5.24. The van der Waals surface area contributed by atoms with Crippen LogP contribution in [0.5, 0.6) is 0 Å². The Balaban J connectivity index is 2.08. The molecule has 2 rings (SSSR count). The molecule has 2 nitrogen and oxygen atoms in total. The standard InChI is InChI=1S/C12H11ClN2/c13-12(10-4-2-1-3-5-10)8-11-9-14-6-7-15-11/h1-7,9,12H,8H2. The number of nitrogens with zero attached hydrogens (tertiary/aromatic N) is 2. The predicted molar refractivity (Wildman–Crippen MR) is 60.8 cm³/mol. The van der Waals surface area contributed by atoms with Gasteiger partial charge in [0.1, 0.15) is 0 Å². The molecule has 0 aliphatic heterocycles. The Morgan fingerprint density at radius 3 is 2.60 bits per heavy atom. The second-order valence-corrected chi connectivity index (χ2v) is 3.81. The van der Waals surface area contributed by atoms with E-state index in [9.17, 15) is 0 Å². The number of alkyl halides is 1. The number of hydrogen-bond acceptors (Lipinski definition) is 2. The Hall–Kier alpha value is -1.41. The zero-order valence-electron chi connectivity index (χ0n) is 8.18. The Bertz CT molecular complexity index is 402. The lowest BCUT2D eigenvalue weighted by Crippen LogP contribution is -1.98. The largest absolute Gasteiger partial charge is 0.261 e. The van der Waals surface area contributed by atoms with Crippen molar-refractivity contribution in [3.63, 3.8) is 0 Å². The van der Waals surface area contributed by atoms with E-state index >= 15 is 0 Å². The molecule has 2 aromatic rings. The second kappa shape index (κ2) is 4.89. The van der Waals surface area contributed by atoms with Crippen LogP contribution in [0.2, 0.25) is 0 Å². The van der Waals surface area contributed by atoms with Gasteiger partial charge in [0.05, 0.1) is 11.1 Å². The fraction of sp³-hybridized carbons (Fsp3) is 0.167. The van der Waals surface area contributed by atoms with Crippen LogP contribution in [0.25, 0.3) is 0 Å². The summed E-state index contributed by atoms with van der Waals surface area (Å²) in [6.07, 6.45) is 5.80. The molecule has 0 aliphatic carbocycles. The third-order valence-corrected chi connectivity index (χ3v) is 2.57. The Labute approximate surface area is 94.0 Å². The average molecular weight is 219 g/mol. The van der Waals surface area contributed by atoms with Crippen LogP contribution in [0.15, 0.2) is 48.9 Å². The van der Waals surface area contributed by atoms with Gasteiger partial charge in [-0.25, -0.2) is 0 Å². The van der Waals surface area contributed by atoms with E-state index in [1.807, 2.05) is 30.3 Å². The SMILES string of the molecule is ClC(Cc1cnccn1)c1ccccc1. The maximum atomic E-state index is 6.27. The van der Waals surface area contributed by atoms with Crippen LogP contribution in [0.4, 0.5) is 0 Å². The minimum atomic E-state index is -0.0390. The Kier molecular flexibility index (Phi) is 3.30. The highest BCUT2D eigenvalue weighted by Gasteiger charge is 2.08. The highest BCUT2D eigenvalue weighted by molar-refractivity contribution is 6.20. The van der Waals surface area contributed by atoms with Gasteiger partial charge in [-0.1, -0.05) is 30.3 Å². The van der Waals surface area contributed by atoms with Crippen molar-refractivity contribution in [1.82, 2.24) is 9.97 Å². The molecule has 1 heterocycles. The fourth-order valence-corrected chi connectivity index (χ4v) is 1.70. The van der Waals surface area contributed by atoms with Crippen molar-refractivity contribution in [1.29, 1.82) is 0 Å². The van der Waals surface area contributed by atoms with E-state index in [1.165, 1.54) is 0 Å². The van der Waals surface area contributed by atoms with Crippen LogP contribution in [-0.2, 0) is 6.42 Å². The number of aromatic nitrogens is 2. The van der Waals surface area contributed by atoms with Crippen molar-refractivity contribution in [2.75, 3.05) is 0 Å². The van der Waals surface area contributed by atoms with Gasteiger partial charge in [0.25, 0.3) is 0 Å². The van der Waals surface area contributed by atoms with Crippen molar-refractivity contribution in [3.8, 4) is 0 Å². The summed E-state index contributed by atoms with van der Waals surface area (Å²) in [4.78, 5) is 8.21. The topological polar surface area (TPSA) is 25.8 Å². The van der Waals surface area contributed by atoms with Gasteiger partial charge in [-0.3, -0.25) is 9.97 Å². The fourth-order valence-electron chi connectivity index (χ4n) is 1.40. The minimum Gasteiger partial charge on any atom is -0.261 e. The first-order chi connectivity index (χ1) is 7.36. The summed E-state index contributed by atoms with van der Waals surface area (Å²) in [6, 6.07) is 10.0. The third-order valence-electron chi connectivity index (χ3n) is 2.17. The molecule has 3 heteroatoms. The number of rotatable bonds is 3. The highest BCUT2D eigenvalue weighted by Crippen LogP contribution is 2.23. The van der Waals surface area contributed by atoms with Gasteiger partial charge in [0.2, 0.25) is 0 Å². The molecule has 0 fully saturated rings. The molecular formula is C12H11ClN2. The van der Waals surface area contributed by atoms with E-state index in [4.69, 9.17) is 11.6 Å². The van der Waals surface area contributed by atoms with Crippen LogP contribution in [0.3, 0.4) is 0 Å². The molecule has 15 heavy (non-hydrogen) atoms. The zero-order chi connectivity index (χ0) is 10.5. The van der Waals surface area contributed by atoms with Gasteiger partial charge >= 0.3 is 0 Å². The van der Waals surface area contributed by atoms with Gasteiger partial charge in [-0.15, -0.1) is 11.6 Å². The first-order valence-electron chi connectivity index (χ1n) is 4.80. The summed E-state index contributed by atoms with van der Waals surface area (Å²) in [6.45, 7) is 0. The number of benzene rings is 1. The molecule has 0 spiro atoms. The molecule has 1 aromatic carbocycles. The molecule has 1 aromatic heterocycles. The van der Waals surface area contributed by atoms with Crippen LogP contribution in [-0.4, -0.2) is 9.97 Å². The maximum Gasteiger partial charge on any atom is 0.0641 e.